The fourth-order valence-corrected chi connectivity index (χ4v) is 1.40. The lowest BCUT2D eigenvalue weighted by Gasteiger charge is -2.26. The molecule has 0 radical (unpaired) electrons. The predicted octanol–water partition coefficient (Wildman–Crippen LogP) is 1.76. The van der Waals surface area contributed by atoms with Crippen molar-refractivity contribution in [3.63, 3.8) is 0 Å². The highest BCUT2D eigenvalue weighted by Crippen LogP contribution is 2.05. The Kier molecular flexibility index (Phi) is 7.48. The summed E-state index contributed by atoms with van der Waals surface area (Å²) in [6.07, 6.45) is 3.65. The van der Waals surface area contributed by atoms with Crippen LogP contribution in [0, 0.1) is 0 Å². The molecule has 0 heterocycles. The average molecular weight is 200 g/mol. The van der Waals surface area contributed by atoms with Crippen molar-refractivity contribution in [3.05, 3.63) is 0 Å². The van der Waals surface area contributed by atoms with E-state index in [-0.39, 0.29) is 5.91 Å². The Morgan fingerprint density at radius 2 is 2.00 bits per heavy atom. The van der Waals surface area contributed by atoms with E-state index in [1.807, 2.05) is 4.90 Å². The molecule has 0 aliphatic carbocycles. The van der Waals surface area contributed by atoms with Gasteiger partial charge in [0, 0.05) is 19.0 Å². The summed E-state index contributed by atoms with van der Waals surface area (Å²) < 4.78 is 0. The van der Waals surface area contributed by atoms with Crippen molar-refractivity contribution in [1.29, 1.82) is 0 Å². The van der Waals surface area contributed by atoms with E-state index in [0.29, 0.717) is 19.0 Å². The van der Waals surface area contributed by atoms with Crippen LogP contribution >= 0.6 is 0 Å². The summed E-state index contributed by atoms with van der Waals surface area (Å²) in [5.41, 5.74) is 5.44. The van der Waals surface area contributed by atoms with Crippen LogP contribution in [0.4, 0.5) is 0 Å². The van der Waals surface area contributed by atoms with Gasteiger partial charge in [-0.2, -0.15) is 0 Å². The third-order valence-electron chi connectivity index (χ3n) is 2.29. The summed E-state index contributed by atoms with van der Waals surface area (Å²) in [6.45, 7) is 7.68. The normalized spacial score (nSPS) is 10.6. The third kappa shape index (κ3) is 5.22. The average Bonchev–Trinajstić information content (AvgIpc) is 2.14. The minimum atomic E-state index is 0.273. The number of hydrogen-bond acceptors (Lipinski definition) is 2. The molecule has 0 fully saturated rings. The second-order valence-electron chi connectivity index (χ2n) is 3.93. The van der Waals surface area contributed by atoms with Crippen molar-refractivity contribution in [1.82, 2.24) is 4.90 Å². The maximum Gasteiger partial charge on any atom is 0.222 e. The van der Waals surface area contributed by atoms with Gasteiger partial charge in [-0.15, -0.1) is 0 Å². The lowest BCUT2D eigenvalue weighted by Crippen LogP contribution is -2.38. The van der Waals surface area contributed by atoms with Crippen LogP contribution in [0.15, 0.2) is 0 Å². The fourth-order valence-electron chi connectivity index (χ4n) is 1.40. The second kappa shape index (κ2) is 7.80. The van der Waals surface area contributed by atoms with E-state index >= 15 is 0 Å². The summed E-state index contributed by atoms with van der Waals surface area (Å²) in [7, 11) is 0. The molecule has 0 unspecified atom stereocenters. The van der Waals surface area contributed by atoms with Crippen molar-refractivity contribution in [3.8, 4) is 0 Å². The molecule has 2 N–H and O–H groups in total. The van der Waals surface area contributed by atoms with E-state index in [2.05, 4.69) is 20.8 Å². The van der Waals surface area contributed by atoms with Gasteiger partial charge in [0.2, 0.25) is 5.91 Å². The van der Waals surface area contributed by atoms with Gasteiger partial charge in [-0.25, -0.2) is 0 Å². The van der Waals surface area contributed by atoms with Crippen molar-refractivity contribution in [2.24, 2.45) is 5.73 Å². The molecule has 0 bridgehead atoms. The smallest absolute Gasteiger partial charge is 0.222 e. The molecule has 0 rings (SSSR count). The van der Waals surface area contributed by atoms with Crippen LogP contribution in [0.1, 0.15) is 46.5 Å². The van der Waals surface area contributed by atoms with Crippen LogP contribution in [-0.4, -0.2) is 29.9 Å². The topological polar surface area (TPSA) is 46.3 Å². The first-order chi connectivity index (χ1) is 6.63. The number of amides is 1. The Morgan fingerprint density at radius 1 is 1.36 bits per heavy atom. The SMILES string of the molecule is CCCCC(=O)N(CCCN)C(C)C. The van der Waals surface area contributed by atoms with Gasteiger partial charge in [0.1, 0.15) is 0 Å². The Balaban J connectivity index is 3.98. The lowest BCUT2D eigenvalue weighted by atomic mass is 10.2. The Bertz CT molecular complexity index is 157. The zero-order chi connectivity index (χ0) is 11.0. The summed E-state index contributed by atoms with van der Waals surface area (Å²) in [4.78, 5) is 13.7. The van der Waals surface area contributed by atoms with Gasteiger partial charge in [0.15, 0.2) is 0 Å². The summed E-state index contributed by atoms with van der Waals surface area (Å²) >= 11 is 0. The quantitative estimate of drug-likeness (QED) is 0.680. The fraction of sp³-hybridized carbons (Fsp3) is 0.909. The molecule has 3 heteroatoms. The number of unbranched alkanes of at least 4 members (excludes halogenated alkanes) is 1. The molecule has 0 aromatic heterocycles. The molecular formula is C11H24N2O. The van der Waals surface area contributed by atoms with Crippen LogP contribution < -0.4 is 5.73 Å². The molecule has 0 aromatic rings. The van der Waals surface area contributed by atoms with Crippen LogP contribution in [0.5, 0.6) is 0 Å². The minimum absolute atomic E-state index is 0.273. The van der Waals surface area contributed by atoms with Gasteiger partial charge in [-0.1, -0.05) is 13.3 Å². The Labute approximate surface area is 87.6 Å². The standard InChI is InChI=1S/C11H24N2O/c1-4-5-7-11(14)13(10(2)3)9-6-8-12/h10H,4-9,12H2,1-3H3. The van der Waals surface area contributed by atoms with Crippen LogP contribution in [-0.2, 0) is 4.79 Å². The first kappa shape index (κ1) is 13.4. The van der Waals surface area contributed by atoms with Crippen molar-refractivity contribution < 1.29 is 4.79 Å². The number of carbonyl (C=O) groups excluding carboxylic acids is 1. The summed E-state index contributed by atoms with van der Waals surface area (Å²) in [5, 5.41) is 0. The van der Waals surface area contributed by atoms with E-state index in [9.17, 15) is 4.79 Å². The highest BCUT2D eigenvalue weighted by molar-refractivity contribution is 5.76. The molecule has 0 atom stereocenters. The van der Waals surface area contributed by atoms with Crippen molar-refractivity contribution in [2.75, 3.05) is 13.1 Å². The predicted molar refractivity (Wildman–Crippen MR) is 60.0 cm³/mol. The molecule has 14 heavy (non-hydrogen) atoms. The van der Waals surface area contributed by atoms with Gasteiger partial charge in [-0.3, -0.25) is 4.79 Å². The minimum Gasteiger partial charge on any atom is -0.340 e. The van der Waals surface area contributed by atoms with Crippen molar-refractivity contribution >= 4 is 5.91 Å². The number of nitrogens with two attached hydrogens (primary N) is 1. The maximum absolute atomic E-state index is 11.7. The highest BCUT2D eigenvalue weighted by atomic mass is 16.2. The molecule has 84 valence electrons. The van der Waals surface area contributed by atoms with Gasteiger partial charge < -0.3 is 10.6 Å². The first-order valence-corrected chi connectivity index (χ1v) is 5.63. The van der Waals surface area contributed by atoms with E-state index in [1.165, 1.54) is 0 Å². The third-order valence-corrected chi connectivity index (χ3v) is 2.29. The zero-order valence-corrected chi connectivity index (χ0v) is 9.75. The Hall–Kier alpha value is -0.570. The van der Waals surface area contributed by atoms with Gasteiger partial charge in [-0.05, 0) is 33.2 Å². The molecular weight excluding hydrogens is 176 g/mol. The molecule has 1 amide bonds. The highest BCUT2D eigenvalue weighted by Gasteiger charge is 2.14. The maximum atomic E-state index is 11.7. The molecule has 0 aromatic carbocycles. The zero-order valence-electron chi connectivity index (χ0n) is 9.75. The summed E-state index contributed by atoms with van der Waals surface area (Å²) in [5.74, 6) is 0.273. The van der Waals surface area contributed by atoms with Gasteiger partial charge >= 0.3 is 0 Å². The molecule has 0 saturated heterocycles. The van der Waals surface area contributed by atoms with E-state index in [0.717, 1.165) is 25.8 Å². The van der Waals surface area contributed by atoms with Gasteiger partial charge in [0.25, 0.3) is 0 Å². The number of nitrogens with zero attached hydrogens (tertiary/aromatic N) is 1. The number of hydrogen-bond donors (Lipinski definition) is 1. The number of rotatable bonds is 7. The monoisotopic (exact) mass is 200 g/mol. The molecule has 0 aliphatic heterocycles. The molecule has 0 saturated carbocycles. The molecule has 0 spiro atoms. The molecule has 0 aliphatic rings. The summed E-state index contributed by atoms with van der Waals surface area (Å²) in [6, 6.07) is 0.297. The molecule has 3 nitrogen and oxygen atoms in total. The number of carbonyl (C=O) groups is 1. The van der Waals surface area contributed by atoms with Crippen LogP contribution in [0.25, 0.3) is 0 Å². The van der Waals surface area contributed by atoms with Gasteiger partial charge in [0.05, 0.1) is 0 Å². The van der Waals surface area contributed by atoms with E-state index < -0.39 is 0 Å². The van der Waals surface area contributed by atoms with Crippen molar-refractivity contribution in [2.45, 2.75) is 52.5 Å². The second-order valence-corrected chi connectivity index (χ2v) is 3.93. The van der Waals surface area contributed by atoms with E-state index in [4.69, 9.17) is 5.73 Å². The first-order valence-electron chi connectivity index (χ1n) is 5.63. The largest absolute Gasteiger partial charge is 0.340 e. The van der Waals surface area contributed by atoms with E-state index in [1.54, 1.807) is 0 Å². The van der Waals surface area contributed by atoms with Crippen LogP contribution in [0.2, 0.25) is 0 Å². The van der Waals surface area contributed by atoms with Crippen LogP contribution in [0.3, 0.4) is 0 Å². The Morgan fingerprint density at radius 3 is 2.43 bits per heavy atom. The lowest BCUT2D eigenvalue weighted by molar-refractivity contribution is -0.133.